The molecule has 1 aromatic carbocycles. The van der Waals surface area contributed by atoms with Gasteiger partial charge in [0, 0.05) is 36.8 Å². The van der Waals surface area contributed by atoms with E-state index in [1.165, 1.54) is 38.8 Å². The van der Waals surface area contributed by atoms with Crippen molar-refractivity contribution in [3.63, 3.8) is 0 Å². The minimum atomic E-state index is 0.520. The summed E-state index contributed by atoms with van der Waals surface area (Å²) < 4.78 is 7.68. The summed E-state index contributed by atoms with van der Waals surface area (Å²) in [6.07, 6.45) is 9.42. The van der Waals surface area contributed by atoms with Gasteiger partial charge in [0.1, 0.15) is 12.4 Å². The molecule has 0 atom stereocenters. The largest absolute Gasteiger partial charge is 0.492 e. The van der Waals surface area contributed by atoms with Gasteiger partial charge in [0.15, 0.2) is 5.65 Å². The fourth-order valence-corrected chi connectivity index (χ4v) is 4.05. The van der Waals surface area contributed by atoms with Gasteiger partial charge in [-0.05, 0) is 68.8 Å². The van der Waals surface area contributed by atoms with Gasteiger partial charge >= 0.3 is 0 Å². The number of aliphatic imine (C=N–C) groups is 1. The highest BCUT2D eigenvalue weighted by Crippen LogP contribution is 2.21. The fourth-order valence-electron chi connectivity index (χ4n) is 4.05. The number of pyridine rings is 1. The number of unbranched alkanes of at least 4 members (excludes halogenated alkanes) is 2. The maximum atomic E-state index is 5.91. The van der Waals surface area contributed by atoms with E-state index in [2.05, 4.69) is 32.2 Å². The molecular formula is C26H35N7O. The number of hydrogen-bond donors (Lipinski definition) is 2. The Bertz CT molecular complexity index is 1100. The molecule has 1 aliphatic heterocycles. The number of nitrogens with two attached hydrogens (primary N) is 1. The van der Waals surface area contributed by atoms with E-state index in [1.807, 2.05) is 48.7 Å². The van der Waals surface area contributed by atoms with Crippen LogP contribution in [0.25, 0.3) is 11.2 Å². The number of fused-ring (bicyclic) bond motifs is 1. The lowest BCUT2D eigenvalue weighted by Crippen LogP contribution is -2.25. The van der Waals surface area contributed by atoms with Crippen LogP contribution in [0.3, 0.4) is 0 Å². The number of benzene rings is 1. The van der Waals surface area contributed by atoms with E-state index in [9.17, 15) is 0 Å². The summed E-state index contributed by atoms with van der Waals surface area (Å²) in [4.78, 5) is 11.6. The third kappa shape index (κ3) is 6.35. The molecule has 4 rings (SSSR count). The maximum Gasteiger partial charge on any atom is 0.247 e. The topological polar surface area (TPSA) is 93.1 Å². The molecule has 0 spiro atoms. The van der Waals surface area contributed by atoms with E-state index < -0.39 is 0 Å². The molecule has 2 aromatic heterocycles. The molecule has 8 heteroatoms. The van der Waals surface area contributed by atoms with Crippen LogP contribution in [0, 0.1) is 0 Å². The highest BCUT2D eigenvalue weighted by atomic mass is 16.5. The van der Waals surface area contributed by atoms with Crippen LogP contribution in [0.4, 0.5) is 11.6 Å². The van der Waals surface area contributed by atoms with E-state index >= 15 is 0 Å². The van der Waals surface area contributed by atoms with Crippen molar-refractivity contribution in [2.45, 2.75) is 39.0 Å². The number of allylic oxidation sites excluding steroid dienone is 1. The first-order chi connectivity index (χ1) is 16.8. The number of anilines is 2. The van der Waals surface area contributed by atoms with Crippen molar-refractivity contribution in [2.24, 2.45) is 10.7 Å². The van der Waals surface area contributed by atoms with E-state index in [1.54, 1.807) is 10.7 Å². The first-order valence-electron chi connectivity index (χ1n) is 12.3. The Morgan fingerprint density at radius 3 is 2.74 bits per heavy atom. The van der Waals surface area contributed by atoms with Crippen LogP contribution >= 0.6 is 0 Å². The van der Waals surface area contributed by atoms with E-state index in [-0.39, 0.29) is 0 Å². The van der Waals surface area contributed by atoms with Crippen LogP contribution in [0.1, 0.15) is 44.7 Å². The summed E-state index contributed by atoms with van der Waals surface area (Å²) in [6, 6.07) is 13.7. The zero-order chi connectivity index (χ0) is 23.6. The molecule has 0 unspecified atom stereocenters. The Labute approximate surface area is 201 Å². The number of rotatable bonds is 12. The molecule has 1 saturated heterocycles. The van der Waals surface area contributed by atoms with Gasteiger partial charge < -0.3 is 15.8 Å². The number of ether oxygens (including phenoxy) is 1. The zero-order valence-corrected chi connectivity index (χ0v) is 20.0. The second kappa shape index (κ2) is 12.2. The fraction of sp³-hybridized carbons (Fsp3) is 0.423. The summed E-state index contributed by atoms with van der Waals surface area (Å²) in [6.45, 7) is 7.05. The van der Waals surface area contributed by atoms with Crippen molar-refractivity contribution < 1.29 is 4.74 Å². The predicted octanol–water partition coefficient (Wildman–Crippen LogP) is 4.51. The van der Waals surface area contributed by atoms with Gasteiger partial charge in [-0.15, -0.1) is 5.10 Å². The Hall–Kier alpha value is -3.39. The molecular weight excluding hydrogens is 426 g/mol. The summed E-state index contributed by atoms with van der Waals surface area (Å²) in [5.74, 6) is 1.39. The second-order valence-corrected chi connectivity index (χ2v) is 8.53. The SMILES string of the molecule is CCCCCN=CC(=CN)c1cccc2nc(Nc3ccc(OCCN4CCCC4)cc3)nn12. The molecule has 1 fully saturated rings. The lowest BCUT2D eigenvalue weighted by Gasteiger charge is -2.15. The number of aromatic nitrogens is 3. The summed E-state index contributed by atoms with van der Waals surface area (Å²) in [5.41, 5.74) is 9.21. The number of nitrogens with one attached hydrogen (secondary N) is 1. The number of hydrogen-bond acceptors (Lipinski definition) is 7. The molecule has 1 aliphatic rings. The van der Waals surface area contributed by atoms with Crippen LogP contribution in [-0.4, -0.2) is 58.5 Å². The van der Waals surface area contributed by atoms with Gasteiger partial charge in [0.05, 0.1) is 5.69 Å². The Balaban J connectivity index is 1.39. The minimum Gasteiger partial charge on any atom is -0.492 e. The first-order valence-corrected chi connectivity index (χ1v) is 12.3. The van der Waals surface area contributed by atoms with Gasteiger partial charge in [0.2, 0.25) is 5.95 Å². The Morgan fingerprint density at radius 1 is 1.15 bits per heavy atom. The van der Waals surface area contributed by atoms with Crippen LogP contribution in [-0.2, 0) is 0 Å². The van der Waals surface area contributed by atoms with Crippen LogP contribution in [0.5, 0.6) is 5.75 Å². The van der Waals surface area contributed by atoms with Gasteiger partial charge in [-0.25, -0.2) is 4.52 Å². The molecule has 34 heavy (non-hydrogen) atoms. The van der Waals surface area contributed by atoms with Gasteiger partial charge in [-0.1, -0.05) is 25.8 Å². The lowest BCUT2D eigenvalue weighted by atomic mass is 10.2. The van der Waals surface area contributed by atoms with Gasteiger partial charge in [-0.3, -0.25) is 9.89 Å². The normalized spacial score (nSPS) is 14.9. The van der Waals surface area contributed by atoms with E-state index in [4.69, 9.17) is 10.5 Å². The van der Waals surface area contributed by atoms with Gasteiger partial charge in [0.25, 0.3) is 0 Å². The number of likely N-dealkylation sites (tertiary alicyclic amines) is 1. The lowest BCUT2D eigenvalue weighted by molar-refractivity contribution is 0.238. The minimum absolute atomic E-state index is 0.520. The van der Waals surface area contributed by atoms with Crippen molar-refractivity contribution in [1.29, 1.82) is 0 Å². The molecule has 180 valence electrons. The van der Waals surface area contributed by atoms with Gasteiger partial charge in [-0.2, -0.15) is 4.98 Å². The molecule has 3 N–H and O–H groups in total. The third-order valence-corrected chi connectivity index (χ3v) is 5.94. The zero-order valence-electron chi connectivity index (χ0n) is 20.0. The van der Waals surface area contributed by atoms with E-state index in [0.717, 1.165) is 47.9 Å². The first kappa shape index (κ1) is 23.8. The van der Waals surface area contributed by atoms with Crippen LogP contribution in [0.2, 0.25) is 0 Å². The molecule has 0 bridgehead atoms. The smallest absolute Gasteiger partial charge is 0.247 e. The van der Waals surface area contributed by atoms with Crippen molar-refractivity contribution >= 4 is 29.1 Å². The molecule has 3 aromatic rings. The van der Waals surface area contributed by atoms with Crippen molar-refractivity contribution in [3.8, 4) is 5.75 Å². The Kier molecular flexibility index (Phi) is 8.51. The summed E-state index contributed by atoms with van der Waals surface area (Å²) in [7, 11) is 0. The molecule has 3 heterocycles. The van der Waals surface area contributed by atoms with Crippen LogP contribution < -0.4 is 15.8 Å². The monoisotopic (exact) mass is 461 g/mol. The molecule has 0 amide bonds. The quantitative estimate of drug-likeness (QED) is 0.305. The van der Waals surface area contributed by atoms with E-state index in [0.29, 0.717) is 12.6 Å². The average molecular weight is 462 g/mol. The predicted molar refractivity (Wildman–Crippen MR) is 139 cm³/mol. The highest BCUT2D eigenvalue weighted by molar-refractivity contribution is 6.09. The second-order valence-electron chi connectivity index (χ2n) is 8.53. The molecule has 8 nitrogen and oxygen atoms in total. The van der Waals surface area contributed by atoms with Crippen molar-refractivity contribution in [2.75, 3.05) is 38.1 Å². The van der Waals surface area contributed by atoms with Crippen molar-refractivity contribution in [1.82, 2.24) is 19.5 Å². The molecule has 0 radical (unpaired) electrons. The summed E-state index contributed by atoms with van der Waals surface area (Å²) >= 11 is 0. The number of nitrogens with zero attached hydrogens (tertiary/aromatic N) is 5. The van der Waals surface area contributed by atoms with Crippen LogP contribution in [0.15, 0.2) is 53.7 Å². The van der Waals surface area contributed by atoms with Crippen molar-refractivity contribution in [3.05, 3.63) is 54.4 Å². The summed E-state index contributed by atoms with van der Waals surface area (Å²) in [5, 5.41) is 7.93. The Morgan fingerprint density at radius 2 is 1.97 bits per heavy atom. The molecule has 0 saturated carbocycles. The standard InChI is InChI=1S/C26H35N7O/c1-2-3-4-14-28-20-21(19-27)24-8-7-9-25-30-26(31-33(24)25)29-22-10-12-23(13-11-22)34-18-17-32-15-5-6-16-32/h7-13,19-20H,2-6,14-18,27H2,1H3,(H,29,31). The maximum absolute atomic E-state index is 5.91. The third-order valence-electron chi connectivity index (χ3n) is 5.94. The average Bonchev–Trinajstić information content (AvgIpc) is 3.52. The highest BCUT2D eigenvalue weighted by Gasteiger charge is 2.12. The molecule has 0 aliphatic carbocycles.